The monoisotopic (exact) mass is 390 g/mol. The Morgan fingerprint density at radius 2 is 2.12 bits per heavy atom. The number of amides is 2. The van der Waals surface area contributed by atoms with E-state index in [9.17, 15) is 9.59 Å². The fourth-order valence-corrected chi connectivity index (χ4v) is 2.15. The number of hydrogen-bond donors (Lipinski definition) is 2. The average molecular weight is 391 g/mol. The van der Waals surface area contributed by atoms with Gasteiger partial charge in [0, 0.05) is 16.2 Å². The minimum atomic E-state index is -0.865. The molecule has 0 radical (unpaired) electrons. The summed E-state index contributed by atoms with van der Waals surface area (Å²) in [6, 6.07) is 10.7. The van der Waals surface area contributed by atoms with Crippen molar-refractivity contribution in [1.82, 2.24) is 15.7 Å². The molecular formula is C16H15BrN4O3. The SMILES string of the molecule is COc1ccc(Br)cc1/C=N\NC(=O)C(=O)NCc1ccccn1. The standard InChI is InChI=1S/C16H15BrN4O3/c1-24-14-6-5-12(17)8-11(14)9-20-21-16(23)15(22)19-10-13-4-2-3-7-18-13/h2-9H,10H2,1H3,(H,19,22)(H,21,23)/b20-9-. The van der Waals surface area contributed by atoms with Crippen molar-refractivity contribution in [2.24, 2.45) is 5.10 Å². The van der Waals surface area contributed by atoms with E-state index in [1.807, 2.05) is 6.07 Å². The second-order valence-electron chi connectivity index (χ2n) is 4.59. The summed E-state index contributed by atoms with van der Waals surface area (Å²) in [5, 5.41) is 6.22. The van der Waals surface area contributed by atoms with Gasteiger partial charge in [-0.25, -0.2) is 5.43 Å². The molecule has 0 saturated heterocycles. The van der Waals surface area contributed by atoms with E-state index in [1.54, 1.807) is 36.5 Å². The van der Waals surface area contributed by atoms with Gasteiger partial charge in [-0.2, -0.15) is 5.10 Å². The first kappa shape index (κ1) is 17.6. The molecule has 0 unspecified atom stereocenters. The molecule has 1 aromatic heterocycles. The van der Waals surface area contributed by atoms with Crippen LogP contribution in [0.15, 0.2) is 52.2 Å². The maximum absolute atomic E-state index is 11.7. The molecule has 0 aliphatic carbocycles. The molecule has 0 fully saturated rings. The molecule has 0 aliphatic rings. The Morgan fingerprint density at radius 3 is 2.83 bits per heavy atom. The highest BCUT2D eigenvalue weighted by Gasteiger charge is 2.12. The lowest BCUT2D eigenvalue weighted by molar-refractivity contribution is -0.139. The molecule has 8 heteroatoms. The van der Waals surface area contributed by atoms with Crippen LogP contribution in [0.5, 0.6) is 5.75 Å². The lowest BCUT2D eigenvalue weighted by Gasteiger charge is -2.05. The smallest absolute Gasteiger partial charge is 0.329 e. The highest BCUT2D eigenvalue weighted by molar-refractivity contribution is 9.10. The zero-order chi connectivity index (χ0) is 17.4. The van der Waals surface area contributed by atoms with Crippen LogP contribution < -0.4 is 15.5 Å². The van der Waals surface area contributed by atoms with Gasteiger partial charge in [-0.15, -0.1) is 0 Å². The highest BCUT2D eigenvalue weighted by Crippen LogP contribution is 2.21. The normalized spacial score (nSPS) is 10.4. The number of rotatable bonds is 5. The second-order valence-corrected chi connectivity index (χ2v) is 5.50. The third-order valence-electron chi connectivity index (χ3n) is 2.92. The van der Waals surface area contributed by atoms with Crippen LogP contribution in [-0.2, 0) is 16.1 Å². The van der Waals surface area contributed by atoms with Gasteiger partial charge in [-0.05, 0) is 30.3 Å². The Labute approximate surface area is 147 Å². The summed E-state index contributed by atoms with van der Waals surface area (Å²) in [7, 11) is 1.53. The molecule has 2 aromatic rings. The minimum Gasteiger partial charge on any atom is -0.496 e. The van der Waals surface area contributed by atoms with Crippen molar-refractivity contribution in [3.63, 3.8) is 0 Å². The first-order valence-electron chi connectivity index (χ1n) is 6.95. The van der Waals surface area contributed by atoms with Crippen molar-refractivity contribution < 1.29 is 14.3 Å². The van der Waals surface area contributed by atoms with Gasteiger partial charge in [0.05, 0.1) is 25.6 Å². The van der Waals surface area contributed by atoms with Crippen molar-refractivity contribution >= 4 is 34.0 Å². The van der Waals surface area contributed by atoms with Gasteiger partial charge in [0.2, 0.25) is 0 Å². The average Bonchev–Trinajstić information content (AvgIpc) is 2.60. The van der Waals surface area contributed by atoms with E-state index in [1.165, 1.54) is 13.3 Å². The number of carbonyl (C=O) groups excluding carboxylic acids is 2. The van der Waals surface area contributed by atoms with Crippen LogP contribution in [0, 0.1) is 0 Å². The number of carbonyl (C=O) groups is 2. The quantitative estimate of drug-likeness (QED) is 0.460. The van der Waals surface area contributed by atoms with Gasteiger partial charge < -0.3 is 10.1 Å². The highest BCUT2D eigenvalue weighted by atomic mass is 79.9. The third kappa shape index (κ3) is 5.17. The predicted octanol–water partition coefficient (Wildman–Crippen LogP) is 1.62. The maximum atomic E-state index is 11.7. The molecule has 0 spiro atoms. The topological polar surface area (TPSA) is 92.7 Å². The van der Waals surface area contributed by atoms with Crippen LogP contribution in [0.25, 0.3) is 0 Å². The van der Waals surface area contributed by atoms with Gasteiger partial charge in [0.1, 0.15) is 5.75 Å². The first-order chi connectivity index (χ1) is 11.6. The van der Waals surface area contributed by atoms with Gasteiger partial charge in [-0.1, -0.05) is 22.0 Å². The predicted molar refractivity (Wildman–Crippen MR) is 92.5 cm³/mol. The van der Waals surface area contributed by atoms with Crippen LogP contribution in [0.4, 0.5) is 0 Å². The summed E-state index contributed by atoms with van der Waals surface area (Å²) < 4.78 is 6.02. The molecule has 124 valence electrons. The van der Waals surface area contributed by atoms with E-state index in [0.29, 0.717) is 17.0 Å². The molecular weight excluding hydrogens is 376 g/mol. The summed E-state index contributed by atoms with van der Waals surface area (Å²) in [6.45, 7) is 0.163. The first-order valence-corrected chi connectivity index (χ1v) is 7.74. The van der Waals surface area contributed by atoms with Gasteiger partial charge >= 0.3 is 11.8 Å². The number of hydrogen-bond acceptors (Lipinski definition) is 5. The third-order valence-corrected chi connectivity index (χ3v) is 3.42. The van der Waals surface area contributed by atoms with Crippen LogP contribution in [-0.4, -0.2) is 30.1 Å². The number of nitrogens with one attached hydrogen (secondary N) is 2. The van der Waals surface area contributed by atoms with Crippen molar-refractivity contribution in [2.75, 3.05) is 7.11 Å². The zero-order valence-electron chi connectivity index (χ0n) is 12.8. The molecule has 0 saturated carbocycles. The summed E-state index contributed by atoms with van der Waals surface area (Å²) in [5.74, 6) is -1.06. The maximum Gasteiger partial charge on any atom is 0.329 e. The van der Waals surface area contributed by atoms with Gasteiger partial charge in [0.25, 0.3) is 0 Å². The summed E-state index contributed by atoms with van der Waals surface area (Å²) in [4.78, 5) is 27.4. The molecule has 24 heavy (non-hydrogen) atoms. The number of nitrogens with zero attached hydrogens (tertiary/aromatic N) is 2. The van der Waals surface area contributed by atoms with E-state index in [0.717, 1.165) is 4.47 Å². The Hall–Kier alpha value is -2.74. The van der Waals surface area contributed by atoms with Gasteiger partial charge in [0.15, 0.2) is 0 Å². The number of pyridine rings is 1. The van der Waals surface area contributed by atoms with Crippen LogP contribution in [0.3, 0.4) is 0 Å². The van der Waals surface area contributed by atoms with Crippen molar-refractivity contribution in [3.05, 3.63) is 58.3 Å². The van der Waals surface area contributed by atoms with E-state index in [-0.39, 0.29) is 6.54 Å². The fourth-order valence-electron chi connectivity index (χ4n) is 1.77. The molecule has 0 atom stereocenters. The lowest BCUT2D eigenvalue weighted by atomic mass is 10.2. The molecule has 7 nitrogen and oxygen atoms in total. The van der Waals surface area contributed by atoms with E-state index >= 15 is 0 Å². The summed E-state index contributed by atoms with van der Waals surface area (Å²) in [5.41, 5.74) is 3.47. The molecule has 0 bridgehead atoms. The Morgan fingerprint density at radius 1 is 1.29 bits per heavy atom. The number of ether oxygens (including phenoxy) is 1. The number of aromatic nitrogens is 1. The lowest BCUT2D eigenvalue weighted by Crippen LogP contribution is -2.37. The van der Waals surface area contributed by atoms with Gasteiger partial charge in [-0.3, -0.25) is 14.6 Å². The largest absolute Gasteiger partial charge is 0.496 e. The van der Waals surface area contributed by atoms with Crippen LogP contribution in [0.1, 0.15) is 11.3 Å². The van der Waals surface area contributed by atoms with E-state index < -0.39 is 11.8 Å². The second kappa shape index (κ2) is 8.78. The Kier molecular flexibility index (Phi) is 6.44. The van der Waals surface area contributed by atoms with Crippen molar-refractivity contribution in [2.45, 2.75) is 6.54 Å². The van der Waals surface area contributed by atoms with Crippen LogP contribution >= 0.6 is 15.9 Å². The summed E-state index contributed by atoms with van der Waals surface area (Å²) in [6.07, 6.45) is 3.00. The molecule has 1 aromatic carbocycles. The molecule has 2 rings (SSSR count). The molecule has 2 N–H and O–H groups in total. The number of halogens is 1. The number of methoxy groups -OCH3 is 1. The fraction of sp³-hybridized carbons (Fsp3) is 0.125. The molecule has 2 amide bonds. The molecule has 1 heterocycles. The molecule has 0 aliphatic heterocycles. The van der Waals surface area contributed by atoms with Crippen LogP contribution in [0.2, 0.25) is 0 Å². The minimum absolute atomic E-state index is 0.163. The summed E-state index contributed by atoms with van der Waals surface area (Å²) >= 11 is 3.34. The van der Waals surface area contributed by atoms with Crippen molar-refractivity contribution in [3.8, 4) is 5.75 Å². The number of hydrazone groups is 1. The number of benzene rings is 1. The van der Waals surface area contributed by atoms with E-state index in [2.05, 4.69) is 36.8 Å². The van der Waals surface area contributed by atoms with E-state index in [4.69, 9.17) is 4.74 Å². The zero-order valence-corrected chi connectivity index (χ0v) is 14.4. The van der Waals surface area contributed by atoms with Crippen molar-refractivity contribution in [1.29, 1.82) is 0 Å². The Bertz CT molecular complexity index is 750. The Balaban J connectivity index is 1.88.